The number of rotatable bonds is 44. The van der Waals surface area contributed by atoms with Gasteiger partial charge in [0, 0.05) is 19.3 Å². The Hall–Kier alpha value is -3.41. The molecule has 0 N–H and O–H groups in total. The van der Waals surface area contributed by atoms with Crippen LogP contribution < -0.4 is 0 Å². The van der Waals surface area contributed by atoms with Crippen LogP contribution >= 0.6 is 0 Å². The number of esters is 3. The molecule has 0 spiro atoms. The van der Waals surface area contributed by atoms with E-state index in [9.17, 15) is 14.4 Å². The fraction of sp³-hybridized carbons (Fsp3) is 0.691. The van der Waals surface area contributed by atoms with Gasteiger partial charge in [-0.15, -0.1) is 0 Å². The minimum absolute atomic E-state index is 0.0906. The first kappa shape index (κ1) is 57.6. The van der Waals surface area contributed by atoms with Crippen LogP contribution in [0.2, 0.25) is 0 Å². The first-order valence-electron chi connectivity index (χ1n) is 25.1. The molecule has 0 aliphatic carbocycles. The quantitative estimate of drug-likeness (QED) is 0.0263. The standard InChI is InChI=1S/C55H92O6/c1-4-7-10-13-16-19-22-25-26-27-28-29-30-31-34-36-39-42-45-48-54(57)60-51-52(61-55(58)49-46-43-40-37-33-24-21-18-15-12-9-6-3)50-59-53(56)47-44-41-38-35-32-23-20-17-14-11-8-5-2/h7-12,16-21,25-26,52H,4-6,13-15,22-24,27-51H2,1-3H3/b10-7-,11-8-,12-9-,19-16-,20-17-,21-18-,26-25-. The second-order valence-corrected chi connectivity index (χ2v) is 16.3. The minimum atomic E-state index is -0.791. The van der Waals surface area contributed by atoms with Gasteiger partial charge >= 0.3 is 17.9 Å². The molecule has 6 nitrogen and oxygen atoms in total. The first-order chi connectivity index (χ1) is 30.0. The fourth-order valence-corrected chi connectivity index (χ4v) is 6.71. The van der Waals surface area contributed by atoms with Gasteiger partial charge in [0.05, 0.1) is 0 Å². The van der Waals surface area contributed by atoms with Crippen LogP contribution in [0.4, 0.5) is 0 Å². The lowest BCUT2D eigenvalue weighted by Gasteiger charge is -2.18. The molecule has 0 aromatic heterocycles. The van der Waals surface area contributed by atoms with Gasteiger partial charge in [0.25, 0.3) is 0 Å². The molecule has 348 valence electrons. The van der Waals surface area contributed by atoms with Crippen LogP contribution in [0.15, 0.2) is 85.1 Å². The molecule has 0 saturated heterocycles. The lowest BCUT2D eigenvalue weighted by Crippen LogP contribution is -2.30. The highest BCUT2D eigenvalue weighted by Crippen LogP contribution is 2.14. The Morgan fingerprint density at radius 3 is 0.918 bits per heavy atom. The first-order valence-corrected chi connectivity index (χ1v) is 25.1. The van der Waals surface area contributed by atoms with E-state index in [1.807, 2.05) is 0 Å². The van der Waals surface area contributed by atoms with Crippen molar-refractivity contribution < 1.29 is 28.6 Å². The zero-order valence-corrected chi connectivity index (χ0v) is 39.7. The third-order valence-electron chi connectivity index (χ3n) is 10.4. The molecule has 0 aliphatic rings. The van der Waals surface area contributed by atoms with Crippen molar-refractivity contribution in [1.29, 1.82) is 0 Å². The monoisotopic (exact) mass is 849 g/mol. The molecule has 0 fully saturated rings. The molecular formula is C55H92O6. The summed E-state index contributed by atoms with van der Waals surface area (Å²) in [5.41, 5.74) is 0. The van der Waals surface area contributed by atoms with Crippen LogP contribution in [0, 0.1) is 0 Å². The molecule has 0 rings (SSSR count). The normalized spacial score (nSPS) is 12.8. The highest BCUT2D eigenvalue weighted by Gasteiger charge is 2.19. The average Bonchev–Trinajstić information content (AvgIpc) is 3.26. The van der Waals surface area contributed by atoms with E-state index in [2.05, 4.69) is 106 Å². The molecule has 0 aliphatic heterocycles. The fourth-order valence-electron chi connectivity index (χ4n) is 6.71. The summed E-state index contributed by atoms with van der Waals surface area (Å²) in [6.45, 7) is 6.27. The molecule has 1 unspecified atom stereocenters. The predicted octanol–water partition coefficient (Wildman–Crippen LogP) is 16.4. The highest BCUT2D eigenvalue weighted by molar-refractivity contribution is 5.71. The van der Waals surface area contributed by atoms with Crippen LogP contribution in [-0.4, -0.2) is 37.2 Å². The third kappa shape index (κ3) is 47.5. The summed E-state index contributed by atoms with van der Waals surface area (Å²) in [7, 11) is 0. The highest BCUT2D eigenvalue weighted by atomic mass is 16.6. The molecule has 0 radical (unpaired) electrons. The SMILES string of the molecule is CC/C=C\C/C=C\C/C=C\CCCCCCCCCCCC(=O)OCC(COC(=O)CCCCCCC/C=C\C/C=C\CC)OC(=O)CCCCCCC/C=C\C/C=C\CC. The van der Waals surface area contributed by atoms with Crippen molar-refractivity contribution in [1.82, 2.24) is 0 Å². The average molecular weight is 849 g/mol. The minimum Gasteiger partial charge on any atom is -0.462 e. The van der Waals surface area contributed by atoms with Gasteiger partial charge in [-0.05, 0) is 103 Å². The number of ether oxygens (including phenoxy) is 3. The van der Waals surface area contributed by atoms with E-state index in [0.717, 1.165) is 141 Å². The van der Waals surface area contributed by atoms with E-state index < -0.39 is 6.10 Å². The summed E-state index contributed by atoms with van der Waals surface area (Å²) in [5.74, 6) is -0.929. The van der Waals surface area contributed by atoms with Crippen molar-refractivity contribution in [3.8, 4) is 0 Å². The van der Waals surface area contributed by atoms with Gasteiger partial charge in [0.1, 0.15) is 13.2 Å². The van der Waals surface area contributed by atoms with Crippen LogP contribution in [0.25, 0.3) is 0 Å². The summed E-state index contributed by atoms with van der Waals surface area (Å²) in [5, 5.41) is 0. The smallest absolute Gasteiger partial charge is 0.306 e. The molecule has 0 amide bonds. The molecule has 0 aromatic carbocycles. The number of unbranched alkanes of at least 4 members (excludes halogenated alkanes) is 19. The third-order valence-corrected chi connectivity index (χ3v) is 10.4. The van der Waals surface area contributed by atoms with Gasteiger partial charge in [0.15, 0.2) is 6.10 Å². The number of hydrogen-bond donors (Lipinski definition) is 0. The van der Waals surface area contributed by atoms with Crippen molar-refractivity contribution >= 4 is 17.9 Å². The Morgan fingerprint density at radius 1 is 0.328 bits per heavy atom. The van der Waals surface area contributed by atoms with E-state index in [0.29, 0.717) is 19.3 Å². The predicted molar refractivity (Wildman–Crippen MR) is 261 cm³/mol. The van der Waals surface area contributed by atoms with Crippen molar-refractivity contribution in [2.45, 2.75) is 232 Å². The Bertz CT molecular complexity index is 1200. The number of carbonyl (C=O) groups excluding carboxylic acids is 3. The summed E-state index contributed by atoms with van der Waals surface area (Å²) in [4.78, 5) is 37.9. The topological polar surface area (TPSA) is 78.9 Å². The van der Waals surface area contributed by atoms with Gasteiger partial charge in [-0.3, -0.25) is 14.4 Å². The van der Waals surface area contributed by atoms with E-state index >= 15 is 0 Å². The lowest BCUT2D eigenvalue weighted by atomic mass is 10.1. The Morgan fingerprint density at radius 2 is 0.590 bits per heavy atom. The number of allylic oxidation sites excluding steroid dienone is 14. The second-order valence-electron chi connectivity index (χ2n) is 16.3. The van der Waals surface area contributed by atoms with Gasteiger partial charge < -0.3 is 14.2 Å². The summed E-state index contributed by atoms with van der Waals surface area (Å²) in [6, 6.07) is 0. The molecule has 0 heterocycles. The summed E-state index contributed by atoms with van der Waals surface area (Å²) < 4.78 is 16.7. The van der Waals surface area contributed by atoms with Gasteiger partial charge in [-0.25, -0.2) is 0 Å². The van der Waals surface area contributed by atoms with Crippen molar-refractivity contribution in [3.05, 3.63) is 85.1 Å². The Kier molecular flexibility index (Phi) is 46.5. The maximum atomic E-state index is 12.8. The molecule has 0 saturated carbocycles. The zero-order chi connectivity index (χ0) is 44.4. The van der Waals surface area contributed by atoms with E-state index in [1.165, 1.54) is 44.9 Å². The number of carbonyl (C=O) groups is 3. The molecule has 0 aromatic rings. The van der Waals surface area contributed by atoms with Crippen LogP contribution in [-0.2, 0) is 28.6 Å². The molecule has 61 heavy (non-hydrogen) atoms. The maximum Gasteiger partial charge on any atom is 0.306 e. The summed E-state index contributed by atoms with van der Waals surface area (Å²) >= 11 is 0. The Labute approximate surface area is 375 Å². The van der Waals surface area contributed by atoms with Crippen molar-refractivity contribution in [2.24, 2.45) is 0 Å². The summed E-state index contributed by atoms with van der Waals surface area (Å²) in [6.07, 6.45) is 62.9. The Balaban J connectivity index is 4.37. The molecule has 1 atom stereocenters. The van der Waals surface area contributed by atoms with Gasteiger partial charge in [0.2, 0.25) is 0 Å². The van der Waals surface area contributed by atoms with Crippen LogP contribution in [0.1, 0.15) is 226 Å². The van der Waals surface area contributed by atoms with Crippen molar-refractivity contribution in [3.63, 3.8) is 0 Å². The molecular weight excluding hydrogens is 757 g/mol. The second kappa shape index (κ2) is 49.2. The van der Waals surface area contributed by atoms with E-state index in [-0.39, 0.29) is 31.1 Å². The van der Waals surface area contributed by atoms with Crippen LogP contribution in [0.5, 0.6) is 0 Å². The molecule has 6 heteroatoms. The van der Waals surface area contributed by atoms with E-state index in [1.54, 1.807) is 0 Å². The zero-order valence-electron chi connectivity index (χ0n) is 39.7. The lowest BCUT2D eigenvalue weighted by molar-refractivity contribution is -0.167. The van der Waals surface area contributed by atoms with Gasteiger partial charge in [-0.1, -0.05) is 189 Å². The van der Waals surface area contributed by atoms with Crippen molar-refractivity contribution in [2.75, 3.05) is 13.2 Å². The van der Waals surface area contributed by atoms with Crippen LogP contribution in [0.3, 0.4) is 0 Å². The van der Waals surface area contributed by atoms with Gasteiger partial charge in [-0.2, -0.15) is 0 Å². The maximum absolute atomic E-state index is 12.8. The molecule has 0 bridgehead atoms. The number of hydrogen-bond acceptors (Lipinski definition) is 6. The largest absolute Gasteiger partial charge is 0.462 e. The van der Waals surface area contributed by atoms with E-state index in [4.69, 9.17) is 14.2 Å².